The number of amides is 1. The molecule has 0 aliphatic heterocycles. The van der Waals surface area contributed by atoms with Crippen LogP contribution in [0, 0.1) is 13.8 Å². The van der Waals surface area contributed by atoms with Crippen LogP contribution in [0.15, 0.2) is 36.7 Å². The quantitative estimate of drug-likeness (QED) is 0.885. The van der Waals surface area contributed by atoms with Crippen LogP contribution in [0.5, 0.6) is 0 Å². The van der Waals surface area contributed by atoms with E-state index >= 15 is 0 Å². The van der Waals surface area contributed by atoms with E-state index in [0.717, 1.165) is 16.8 Å². The smallest absolute Gasteiger partial charge is 0.271 e. The molecular formula is C15H17N3O2. The average molecular weight is 271 g/mol. The van der Waals surface area contributed by atoms with Crippen LogP contribution >= 0.6 is 0 Å². The molecule has 1 heterocycles. The molecule has 0 bridgehead atoms. The van der Waals surface area contributed by atoms with E-state index in [4.69, 9.17) is 0 Å². The maximum absolute atomic E-state index is 11.8. The summed E-state index contributed by atoms with van der Waals surface area (Å²) in [4.78, 5) is 19.8. The molecule has 0 spiro atoms. The maximum Gasteiger partial charge on any atom is 0.271 e. The topological polar surface area (TPSA) is 75.1 Å². The van der Waals surface area contributed by atoms with Gasteiger partial charge in [-0.1, -0.05) is 29.8 Å². The second kappa shape index (κ2) is 6.25. The summed E-state index contributed by atoms with van der Waals surface area (Å²) in [6.07, 6.45) is 2.21. The van der Waals surface area contributed by atoms with Crippen molar-refractivity contribution in [1.82, 2.24) is 15.3 Å². The molecule has 2 rings (SSSR count). The number of nitrogens with one attached hydrogen (secondary N) is 1. The van der Waals surface area contributed by atoms with Gasteiger partial charge in [-0.15, -0.1) is 0 Å². The lowest BCUT2D eigenvalue weighted by Gasteiger charge is -2.12. The van der Waals surface area contributed by atoms with Crippen molar-refractivity contribution in [2.24, 2.45) is 0 Å². The van der Waals surface area contributed by atoms with E-state index in [1.807, 2.05) is 31.2 Å². The second-order valence-corrected chi connectivity index (χ2v) is 4.68. The van der Waals surface area contributed by atoms with Crippen molar-refractivity contribution in [3.63, 3.8) is 0 Å². The Bertz CT molecular complexity index is 579. The van der Waals surface area contributed by atoms with Gasteiger partial charge in [0.05, 0.1) is 18.0 Å². The first-order chi connectivity index (χ1) is 9.56. The number of carbonyl (C=O) groups is 1. The van der Waals surface area contributed by atoms with Gasteiger partial charge >= 0.3 is 0 Å². The molecule has 1 unspecified atom stereocenters. The number of aliphatic hydroxyl groups is 1. The zero-order chi connectivity index (χ0) is 14.5. The molecule has 5 heteroatoms. The van der Waals surface area contributed by atoms with Crippen LogP contribution in [0.1, 0.15) is 33.4 Å². The summed E-state index contributed by atoms with van der Waals surface area (Å²) in [5, 5.41) is 12.6. The minimum atomic E-state index is -0.738. The van der Waals surface area contributed by atoms with Gasteiger partial charge in [-0.3, -0.25) is 9.78 Å². The molecule has 2 N–H and O–H groups in total. The van der Waals surface area contributed by atoms with Crippen LogP contribution in [-0.4, -0.2) is 27.5 Å². The summed E-state index contributed by atoms with van der Waals surface area (Å²) in [5.41, 5.74) is 2.89. The Hall–Kier alpha value is -2.27. The molecule has 0 saturated carbocycles. The number of benzene rings is 1. The molecule has 0 aliphatic rings. The van der Waals surface area contributed by atoms with Crippen molar-refractivity contribution in [2.45, 2.75) is 20.0 Å². The summed E-state index contributed by atoms with van der Waals surface area (Å²) >= 11 is 0. The van der Waals surface area contributed by atoms with Gasteiger partial charge in [0, 0.05) is 12.7 Å². The summed E-state index contributed by atoms with van der Waals surface area (Å²) in [6.45, 7) is 3.92. The largest absolute Gasteiger partial charge is 0.387 e. The Morgan fingerprint density at radius 2 is 1.90 bits per heavy atom. The van der Waals surface area contributed by atoms with Crippen molar-refractivity contribution >= 4 is 5.91 Å². The number of aromatic nitrogens is 2. The SMILES string of the molecule is Cc1ccc(C(O)CNC(=O)c2cnc(C)cn2)cc1. The van der Waals surface area contributed by atoms with E-state index in [1.54, 1.807) is 6.92 Å². The van der Waals surface area contributed by atoms with Crippen molar-refractivity contribution < 1.29 is 9.90 Å². The first kappa shape index (κ1) is 14.1. The van der Waals surface area contributed by atoms with E-state index in [9.17, 15) is 9.90 Å². The zero-order valence-electron chi connectivity index (χ0n) is 11.5. The third-order valence-electron chi connectivity index (χ3n) is 2.93. The van der Waals surface area contributed by atoms with E-state index in [2.05, 4.69) is 15.3 Å². The predicted octanol–water partition coefficient (Wildman–Crippen LogP) is 1.56. The minimum absolute atomic E-state index is 0.136. The summed E-state index contributed by atoms with van der Waals surface area (Å²) in [6, 6.07) is 7.54. The van der Waals surface area contributed by atoms with Crippen LogP contribution < -0.4 is 5.32 Å². The number of hydrogen-bond acceptors (Lipinski definition) is 4. The summed E-state index contributed by atoms with van der Waals surface area (Å²) in [5.74, 6) is -0.344. The summed E-state index contributed by atoms with van der Waals surface area (Å²) < 4.78 is 0. The highest BCUT2D eigenvalue weighted by Crippen LogP contribution is 2.12. The first-order valence-electron chi connectivity index (χ1n) is 6.38. The molecule has 1 amide bonds. The molecule has 0 saturated heterocycles. The van der Waals surface area contributed by atoms with Crippen LogP contribution in [0.3, 0.4) is 0 Å². The lowest BCUT2D eigenvalue weighted by atomic mass is 10.1. The Balaban J connectivity index is 1.92. The minimum Gasteiger partial charge on any atom is -0.387 e. The highest BCUT2D eigenvalue weighted by molar-refractivity contribution is 5.91. The molecule has 1 aromatic carbocycles. The first-order valence-corrected chi connectivity index (χ1v) is 6.38. The third-order valence-corrected chi connectivity index (χ3v) is 2.93. The molecule has 0 fully saturated rings. The Kier molecular flexibility index (Phi) is 4.42. The molecule has 5 nitrogen and oxygen atoms in total. The number of nitrogens with zero attached hydrogens (tertiary/aromatic N) is 2. The van der Waals surface area contributed by atoms with Gasteiger partial charge < -0.3 is 10.4 Å². The molecule has 104 valence electrons. The van der Waals surface area contributed by atoms with Gasteiger partial charge in [-0.05, 0) is 19.4 Å². The normalized spacial score (nSPS) is 11.9. The Labute approximate surface area is 117 Å². The number of aryl methyl sites for hydroxylation is 2. The number of rotatable bonds is 4. The molecule has 1 atom stereocenters. The summed E-state index contributed by atoms with van der Waals surface area (Å²) in [7, 11) is 0. The molecule has 0 radical (unpaired) electrons. The van der Waals surface area contributed by atoms with Crippen molar-refractivity contribution in [3.8, 4) is 0 Å². The molecular weight excluding hydrogens is 254 g/mol. The van der Waals surface area contributed by atoms with E-state index in [0.29, 0.717) is 0 Å². The van der Waals surface area contributed by atoms with Crippen molar-refractivity contribution in [1.29, 1.82) is 0 Å². The van der Waals surface area contributed by atoms with Gasteiger partial charge in [0.2, 0.25) is 0 Å². The average Bonchev–Trinajstić information content (AvgIpc) is 2.46. The van der Waals surface area contributed by atoms with E-state index in [-0.39, 0.29) is 18.1 Å². The van der Waals surface area contributed by atoms with Gasteiger partial charge in [-0.25, -0.2) is 4.98 Å². The molecule has 1 aromatic heterocycles. The number of carbonyl (C=O) groups excluding carboxylic acids is 1. The second-order valence-electron chi connectivity index (χ2n) is 4.68. The van der Waals surface area contributed by atoms with Crippen LogP contribution in [-0.2, 0) is 0 Å². The predicted molar refractivity (Wildman–Crippen MR) is 75.2 cm³/mol. The Morgan fingerprint density at radius 1 is 1.20 bits per heavy atom. The van der Waals surface area contributed by atoms with Crippen molar-refractivity contribution in [2.75, 3.05) is 6.54 Å². The maximum atomic E-state index is 11.8. The molecule has 0 aliphatic carbocycles. The monoisotopic (exact) mass is 271 g/mol. The van der Waals surface area contributed by atoms with Gasteiger partial charge in [0.25, 0.3) is 5.91 Å². The lowest BCUT2D eigenvalue weighted by Crippen LogP contribution is -2.29. The molecule has 20 heavy (non-hydrogen) atoms. The van der Waals surface area contributed by atoms with Gasteiger partial charge in [0.1, 0.15) is 5.69 Å². The standard InChI is InChI=1S/C15H17N3O2/c1-10-3-5-12(6-4-10)14(19)9-18-15(20)13-8-16-11(2)7-17-13/h3-8,14,19H,9H2,1-2H3,(H,18,20). The highest BCUT2D eigenvalue weighted by atomic mass is 16.3. The Morgan fingerprint density at radius 3 is 2.50 bits per heavy atom. The van der Waals surface area contributed by atoms with Crippen LogP contribution in [0.2, 0.25) is 0 Å². The lowest BCUT2D eigenvalue weighted by molar-refractivity contribution is 0.0911. The number of aliphatic hydroxyl groups excluding tert-OH is 1. The fourth-order valence-electron chi connectivity index (χ4n) is 1.70. The van der Waals surface area contributed by atoms with E-state index in [1.165, 1.54) is 12.4 Å². The fraction of sp³-hybridized carbons (Fsp3) is 0.267. The molecule has 2 aromatic rings. The van der Waals surface area contributed by atoms with Crippen LogP contribution in [0.4, 0.5) is 0 Å². The fourth-order valence-corrected chi connectivity index (χ4v) is 1.70. The van der Waals surface area contributed by atoms with Crippen molar-refractivity contribution in [3.05, 3.63) is 59.2 Å². The zero-order valence-corrected chi connectivity index (χ0v) is 11.5. The van der Waals surface area contributed by atoms with Gasteiger partial charge in [-0.2, -0.15) is 0 Å². The van der Waals surface area contributed by atoms with Gasteiger partial charge in [0.15, 0.2) is 0 Å². The third kappa shape index (κ3) is 3.61. The van der Waals surface area contributed by atoms with E-state index < -0.39 is 6.10 Å². The van der Waals surface area contributed by atoms with Crippen LogP contribution in [0.25, 0.3) is 0 Å². The highest BCUT2D eigenvalue weighted by Gasteiger charge is 2.11. The number of hydrogen-bond donors (Lipinski definition) is 2.